The molecule has 2 rings (SSSR count). The summed E-state index contributed by atoms with van der Waals surface area (Å²) in [4.78, 5) is 0. The van der Waals surface area contributed by atoms with Gasteiger partial charge in [0.05, 0.1) is 5.02 Å². The molecule has 1 atom stereocenters. The van der Waals surface area contributed by atoms with Gasteiger partial charge in [-0.05, 0) is 50.3 Å². The maximum absolute atomic E-state index is 13.8. The maximum atomic E-state index is 13.8. The quantitative estimate of drug-likeness (QED) is 0.852. The number of nitrogens with one attached hydrogen (secondary N) is 1. The molecule has 88 valence electrons. The zero-order valence-electron chi connectivity index (χ0n) is 9.69. The number of benzene rings is 1. The van der Waals surface area contributed by atoms with Crippen molar-refractivity contribution in [2.75, 3.05) is 7.05 Å². The molecular formula is C13H17ClFN. The predicted octanol–water partition coefficient (Wildman–Crippen LogP) is 3.41. The fourth-order valence-electron chi connectivity index (χ4n) is 2.29. The topological polar surface area (TPSA) is 12.0 Å². The third-order valence-corrected chi connectivity index (χ3v) is 4.11. The molecule has 1 saturated carbocycles. The van der Waals surface area contributed by atoms with E-state index in [9.17, 15) is 4.39 Å². The highest BCUT2D eigenvalue weighted by Gasteiger charge is 2.46. The van der Waals surface area contributed by atoms with Gasteiger partial charge in [-0.2, -0.15) is 0 Å². The molecule has 0 aromatic heterocycles. The van der Waals surface area contributed by atoms with Gasteiger partial charge < -0.3 is 5.32 Å². The molecule has 1 nitrogen and oxygen atoms in total. The van der Waals surface area contributed by atoms with Crippen LogP contribution in [-0.2, 0) is 6.42 Å². The number of halogens is 2. The molecule has 1 aliphatic rings. The number of rotatable bonds is 4. The second kappa shape index (κ2) is 4.34. The van der Waals surface area contributed by atoms with E-state index in [1.54, 1.807) is 6.07 Å². The van der Waals surface area contributed by atoms with Crippen LogP contribution in [-0.4, -0.2) is 13.1 Å². The van der Waals surface area contributed by atoms with Gasteiger partial charge in [0, 0.05) is 6.04 Å². The molecule has 0 spiro atoms. The Morgan fingerprint density at radius 2 is 2.19 bits per heavy atom. The van der Waals surface area contributed by atoms with Crippen LogP contribution < -0.4 is 5.32 Å². The van der Waals surface area contributed by atoms with E-state index >= 15 is 0 Å². The van der Waals surface area contributed by atoms with Crippen LogP contribution in [0.2, 0.25) is 5.02 Å². The Balaban J connectivity index is 2.18. The Bertz CT molecular complexity index is 388. The van der Waals surface area contributed by atoms with Crippen LogP contribution in [0, 0.1) is 11.2 Å². The molecular weight excluding hydrogens is 225 g/mol. The number of hydrogen-bond donors (Lipinski definition) is 1. The normalized spacial score (nSPS) is 19.5. The minimum atomic E-state index is -0.251. The van der Waals surface area contributed by atoms with Crippen LogP contribution in [0.3, 0.4) is 0 Å². The van der Waals surface area contributed by atoms with Gasteiger partial charge in [0.2, 0.25) is 0 Å². The highest BCUT2D eigenvalue weighted by Crippen LogP contribution is 2.51. The van der Waals surface area contributed by atoms with E-state index < -0.39 is 0 Å². The molecule has 0 aliphatic heterocycles. The summed E-state index contributed by atoms with van der Waals surface area (Å²) in [6.45, 7) is 2.16. The second-order valence-corrected chi connectivity index (χ2v) is 5.17. The molecule has 1 aromatic carbocycles. The van der Waals surface area contributed by atoms with Gasteiger partial charge in [-0.25, -0.2) is 4.39 Å². The van der Waals surface area contributed by atoms with E-state index in [4.69, 9.17) is 11.6 Å². The van der Waals surface area contributed by atoms with E-state index in [-0.39, 0.29) is 16.3 Å². The van der Waals surface area contributed by atoms with Crippen LogP contribution in [0.25, 0.3) is 0 Å². The Kier molecular flexibility index (Phi) is 3.22. The van der Waals surface area contributed by atoms with Crippen LogP contribution in [0.15, 0.2) is 18.2 Å². The molecule has 3 heteroatoms. The molecule has 1 N–H and O–H groups in total. The van der Waals surface area contributed by atoms with Crippen molar-refractivity contribution in [3.8, 4) is 0 Å². The first-order valence-electron chi connectivity index (χ1n) is 5.69. The van der Waals surface area contributed by atoms with E-state index in [0.29, 0.717) is 6.04 Å². The summed E-state index contributed by atoms with van der Waals surface area (Å²) >= 11 is 5.79. The lowest BCUT2D eigenvalue weighted by Crippen LogP contribution is -2.33. The summed E-state index contributed by atoms with van der Waals surface area (Å²) in [5, 5.41) is 3.49. The molecule has 0 radical (unpaired) electrons. The maximum Gasteiger partial charge on any atom is 0.144 e. The largest absolute Gasteiger partial charge is 0.317 e. The number of hydrogen-bond acceptors (Lipinski definition) is 1. The van der Waals surface area contributed by atoms with Crippen LogP contribution in [0.1, 0.15) is 25.3 Å². The first-order valence-corrected chi connectivity index (χ1v) is 6.07. The summed E-state index contributed by atoms with van der Waals surface area (Å²) < 4.78 is 13.8. The van der Waals surface area contributed by atoms with Crippen LogP contribution in [0.5, 0.6) is 0 Å². The Hall–Kier alpha value is -0.600. The van der Waals surface area contributed by atoms with E-state index in [1.807, 2.05) is 19.2 Å². The Morgan fingerprint density at radius 3 is 2.75 bits per heavy atom. The Morgan fingerprint density at radius 1 is 1.50 bits per heavy atom. The molecule has 1 unspecified atom stereocenters. The van der Waals surface area contributed by atoms with Crippen molar-refractivity contribution in [1.82, 2.24) is 5.32 Å². The minimum absolute atomic E-state index is 0.227. The van der Waals surface area contributed by atoms with E-state index in [0.717, 1.165) is 12.0 Å². The zero-order chi connectivity index (χ0) is 11.8. The SMILES string of the molecule is CNC(C)C1(Cc2cccc(Cl)c2F)CC1. The lowest BCUT2D eigenvalue weighted by Gasteiger charge is -2.23. The third-order valence-electron chi connectivity index (χ3n) is 3.82. The zero-order valence-corrected chi connectivity index (χ0v) is 10.4. The molecule has 0 saturated heterocycles. The summed E-state index contributed by atoms with van der Waals surface area (Å²) in [5.41, 5.74) is 0.979. The first kappa shape index (κ1) is 11.9. The van der Waals surface area contributed by atoms with Gasteiger partial charge in [0.25, 0.3) is 0 Å². The lowest BCUT2D eigenvalue weighted by molar-refractivity contribution is 0.364. The monoisotopic (exact) mass is 241 g/mol. The van der Waals surface area contributed by atoms with Crippen molar-refractivity contribution in [2.45, 2.75) is 32.2 Å². The summed E-state index contributed by atoms with van der Waals surface area (Å²) in [5.74, 6) is -0.251. The molecule has 1 aromatic rings. The van der Waals surface area contributed by atoms with Crippen LogP contribution >= 0.6 is 11.6 Å². The summed E-state index contributed by atoms with van der Waals surface area (Å²) in [7, 11) is 1.96. The predicted molar refractivity (Wildman–Crippen MR) is 65.3 cm³/mol. The summed E-state index contributed by atoms with van der Waals surface area (Å²) in [6, 6.07) is 5.68. The highest BCUT2D eigenvalue weighted by atomic mass is 35.5. The molecule has 0 bridgehead atoms. The van der Waals surface area contributed by atoms with Gasteiger partial charge in [-0.1, -0.05) is 23.7 Å². The smallest absolute Gasteiger partial charge is 0.144 e. The highest BCUT2D eigenvalue weighted by molar-refractivity contribution is 6.30. The van der Waals surface area contributed by atoms with Gasteiger partial charge in [0.1, 0.15) is 5.82 Å². The van der Waals surface area contributed by atoms with Crippen molar-refractivity contribution < 1.29 is 4.39 Å². The fraction of sp³-hybridized carbons (Fsp3) is 0.538. The average Bonchev–Trinajstić information content (AvgIpc) is 3.05. The molecule has 0 heterocycles. The van der Waals surface area contributed by atoms with E-state index in [2.05, 4.69) is 12.2 Å². The van der Waals surface area contributed by atoms with Gasteiger partial charge in [-0.3, -0.25) is 0 Å². The van der Waals surface area contributed by atoms with Crippen molar-refractivity contribution in [3.63, 3.8) is 0 Å². The van der Waals surface area contributed by atoms with Gasteiger partial charge in [-0.15, -0.1) is 0 Å². The molecule has 0 amide bonds. The van der Waals surface area contributed by atoms with Crippen molar-refractivity contribution in [1.29, 1.82) is 0 Å². The molecule has 1 fully saturated rings. The lowest BCUT2D eigenvalue weighted by atomic mass is 9.89. The first-order chi connectivity index (χ1) is 7.59. The van der Waals surface area contributed by atoms with Crippen molar-refractivity contribution in [3.05, 3.63) is 34.6 Å². The fourth-order valence-corrected chi connectivity index (χ4v) is 2.49. The Labute approximate surface area is 101 Å². The summed E-state index contributed by atoms with van der Waals surface area (Å²) in [6.07, 6.45) is 3.11. The average molecular weight is 242 g/mol. The van der Waals surface area contributed by atoms with Gasteiger partial charge >= 0.3 is 0 Å². The third kappa shape index (κ3) is 2.09. The molecule has 1 aliphatic carbocycles. The van der Waals surface area contributed by atoms with Crippen molar-refractivity contribution >= 4 is 11.6 Å². The van der Waals surface area contributed by atoms with Gasteiger partial charge in [0.15, 0.2) is 0 Å². The molecule has 16 heavy (non-hydrogen) atoms. The van der Waals surface area contributed by atoms with E-state index in [1.165, 1.54) is 12.8 Å². The minimum Gasteiger partial charge on any atom is -0.317 e. The standard InChI is InChI=1S/C13H17ClFN/c1-9(16-2)13(6-7-13)8-10-4-3-5-11(14)12(10)15/h3-5,9,16H,6-8H2,1-2H3. The van der Waals surface area contributed by atoms with Crippen molar-refractivity contribution in [2.24, 2.45) is 5.41 Å². The van der Waals surface area contributed by atoms with Crippen LogP contribution in [0.4, 0.5) is 4.39 Å². The second-order valence-electron chi connectivity index (χ2n) is 4.76.